The van der Waals surface area contributed by atoms with Crippen LogP contribution in [0, 0.1) is 0 Å². The first kappa shape index (κ1) is 13.4. The summed E-state index contributed by atoms with van der Waals surface area (Å²) in [6, 6.07) is 6.36. The molecule has 19 heavy (non-hydrogen) atoms. The van der Waals surface area contributed by atoms with Gasteiger partial charge in [0.25, 0.3) is 5.91 Å². The van der Waals surface area contributed by atoms with Crippen molar-refractivity contribution in [3.8, 4) is 0 Å². The van der Waals surface area contributed by atoms with E-state index in [2.05, 4.69) is 0 Å². The molecule has 1 fully saturated rings. The summed E-state index contributed by atoms with van der Waals surface area (Å²) in [7, 11) is 5.14. The van der Waals surface area contributed by atoms with Gasteiger partial charge in [0.15, 0.2) is 0 Å². The van der Waals surface area contributed by atoms with Gasteiger partial charge in [-0.05, 0) is 12.1 Å². The molecule has 1 aliphatic heterocycles. The van der Waals surface area contributed by atoms with Crippen molar-refractivity contribution in [3.05, 3.63) is 41.2 Å². The molecule has 6 heteroatoms. The highest BCUT2D eigenvalue weighted by Gasteiger charge is 2.40. The van der Waals surface area contributed by atoms with E-state index in [4.69, 9.17) is 11.6 Å². The van der Waals surface area contributed by atoms with E-state index >= 15 is 0 Å². The predicted octanol–water partition coefficient (Wildman–Crippen LogP) is 2.14. The molecule has 0 saturated carbocycles. The number of nitrogens with zero attached hydrogens (tertiary/aromatic N) is 3. The quantitative estimate of drug-likeness (QED) is 0.615. The normalized spacial score (nSPS) is 17.6. The highest BCUT2D eigenvalue weighted by molar-refractivity contribution is 6.36. The minimum atomic E-state index is -0.411. The van der Waals surface area contributed by atoms with Gasteiger partial charge in [-0.25, -0.2) is 9.69 Å². The van der Waals surface area contributed by atoms with Gasteiger partial charge >= 0.3 is 6.03 Å². The summed E-state index contributed by atoms with van der Waals surface area (Å²) >= 11 is 6.04. The SMILES string of the molecule is CN(C)C=C1C(=O)N(c2ccccc2Cl)C(=O)N1C. The third-order valence-corrected chi connectivity index (χ3v) is 3.06. The maximum atomic E-state index is 12.3. The summed E-state index contributed by atoms with van der Waals surface area (Å²) in [6.07, 6.45) is 1.61. The van der Waals surface area contributed by atoms with Gasteiger partial charge in [-0.15, -0.1) is 0 Å². The number of benzene rings is 1. The fourth-order valence-electron chi connectivity index (χ4n) is 1.83. The average molecular weight is 280 g/mol. The van der Waals surface area contributed by atoms with E-state index in [0.717, 1.165) is 4.90 Å². The van der Waals surface area contributed by atoms with Crippen LogP contribution >= 0.6 is 11.6 Å². The van der Waals surface area contributed by atoms with Crippen LogP contribution in [0.1, 0.15) is 0 Å². The van der Waals surface area contributed by atoms with Crippen LogP contribution in [-0.4, -0.2) is 42.9 Å². The molecule has 0 N–H and O–H groups in total. The summed E-state index contributed by atoms with van der Waals surface area (Å²) in [5, 5.41) is 0.365. The molecule has 0 atom stereocenters. The standard InChI is InChI=1S/C13H14ClN3O2/c1-15(2)8-11-12(18)17(13(19)16(11)3)10-7-5-4-6-9(10)14/h4-8H,1-3H3. The van der Waals surface area contributed by atoms with Crippen molar-refractivity contribution in [2.75, 3.05) is 26.0 Å². The third-order valence-electron chi connectivity index (χ3n) is 2.74. The number of urea groups is 1. The first-order chi connectivity index (χ1) is 8.93. The monoisotopic (exact) mass is 279 g/mol. The Morgan fingerprint density at radius 2 is 1.84 bits per heavy atom. The second-order valence-electron chi connectivity index (χ2n) is 4.41. The molecule has 0 bridgehead atoms. The van der Waals surface area contributed by atoms with Gasteiger partial charge in [0.05, 0.1) is 10.7 Å². The maximum absolute atomic E-state index is 12.3. The lowest BCUT2D eigenvalue weighted by Gasteiger charge is -2.14. The Morgan fingerprint density at radius 3 is 2.42 bits per heavy atom. The summed E-state index contributed by atoms with van der Waals surface area (Å²) in [5.41, 5.74) is 0.711. The Balaban J connectivity index is 2.47. The van der Waals surface area contributed by atoms with Crippen molar-refractivity contribution in [2.45, 2.75) is 0 Å². The summed E-state index contributed by atoms with van der Waals surface area (Å²) in [5.74, 6) is -0.380. The predicted molar refractivity (Wildman–Crippen MR) is 73.9 cm³/mol. The number of carbonyl (C=O) groups excluding carboxylic acids is 2. The summed E-state index contributed by atoms with van der Waals surface area (Å²) in [4.78, 5) is 28.6. The first-order valence-electron chi connectivity index (χ1n) is 5.68. The zero-order valence-electron chi connectivity index (χ0n) is 10.9. The molecule has 1 aromatic carbocycles. The smallest absolute Gasteiger partial charge is 0.336 e. The topological polar surface area (TPSA) is 43.9 Å². The Bertz CT molecular complexity index is 569. The van der Waals surface area contributed by atoms with Crippen LogP contribution in [0.15, 0.2) is 36.2 Å². The number of para-hydroxylation sites is 1. The molecular formula is C13H14ClN3O2. The molecule has 1 aliphatic rings. The lowest BCUT2D eigenvalue weighted by atomic mass is 10.3. The molecule has 100 valence electrons. The Morgan fingerprint density at radius 1 is 1.21 bits per heavy atom. The number of likely N-dealkylation sites (N-methyl/N-ethyl adjacent to an activating group) is 1. The molecule has 1 saturated heterocycles. The van der Waals surface area contributed by atoms with Gasteiger partial charge in [-0.1, -0.05) is 23.7 Å². The lowest BCUT2D eigenvalue weighted by molar-refractivity contribution is -0.114. The summed E-state index contributed by atoms with van der Waals surface area (Å²) < 4.78 is 0. The number of hydrogen-bond acceptors (Lipinski definition) is 3. The van der Waals surface area contributed by atoms with E-state index in [-0.39, 0.29) is 5.91 Å². The molecule has 1 heterocycles. The number of hydrogen-bond donors (Lipinski definition) is 0. The van der Waals surface area contributed by atoms with Crippen molar-refractivity contribution in [1.82, 2.24) is 9.80 Å². The molecule has 2 rings (SSSR count). The summed E-state index contributed by atoms with van der Waals surface area (Å²) in [6.45, 7) is 0. The third kappa shape index (κ3) is 2.29. The maximum Gasteiger partial charge on any atom is 0.336 e. The van der Waals surface area contributed by atoms with Gasteiger partial charge in [-0.2, -0.15) is 0 Å². The van der Waals surface area contributed by atoms with E-state index in [1.807, 2.05) is 0 Å². The Kier molecular flexibility index (Phi) is 3.48. The average Bonchev–Trinajstić information content (AvgIpc) is 2.55. The van der Waals surface area contributed by atoms with Crippen molar-refractivity contribution in [1.29, 1.82) is 0 Å². The Labute approximate surface area is 116 Å². The largest absolute Gasteiger partial charge is 0.382 e. The van der Waals surface area contributed by atoms with Gasteiger partial charge < -0.3 is 4.90 Å². The highest BCUT2D eigenvalue weighted by atomic mass is 35.5. The zero-order chi connectivity index (χ0) is 14.2. The highest BCUT2D eigenvalue weighted by Crippen LogP contribution is 2.31. The van der Waals surface area contributed by atoms with E-state index in [0.29, 0.717) is 16.4 Å². The van der Waals surface area contributed by atoms with Crippen LogP contribution in [-0.2, 0) is 4.79 Å². The van der Waals surface area contributed by atoms with E-state index < -0.39 is 6.03 Å². The van der Waals surface area contributed by atoms with Crippen molar-refractivity contribution < 1.29 is 9.59 Å². The van der Waals surface area contributed by atoms with Gasteiger partial charge in [0, 0.05) is 27.3 Å². The molecule has 5 nitrogen and oxygen atoms in total. The van der Waals surface area contributed by atoms with E-state index in [9.17, 15) is 9.59 Å². The first-order valence-corrected chi connectivity index (χ1v) is 6.06. The van der Waals surface area contributed by atoms with Crippen LogP contribution in [0.5, 0.6) is 0 Å². The van der Waals surface area contributed by atoms with Gasteiger partial charge in [-0.3, -0.25) is 9.69 Å². The fourth-order valence-corrected chi connectivity index (χ4v) is 2.05. The zero-order valence-corrected chi connectivity index (χ0v) is 11.7. The second kappa shape index (κ2) is 4.93. The number of carbonyl (C=O) groups is 2. The number of imide groups is 1. The van der Waals surface area contributed by atoms with Gasteiger partial charge in [0.1, 0.15) is 5.70 Å². The van der Waals surface area contributed by atoms with Crippen molar-refractivity contribution >= 4 is 29.2 Å². The van der Waals surface area contributed by atoms with Crippen LogP contribution in [0.2, 0.25) is 5.02 Å². The van der Waals surface area contributed by atoms with Crippen LogP contribution in [0.3, 0.4) is 0 Å². The van der Waals surface area contributed by atoms with Crippen molar-refractivity contribution in [3.63, 3.8) is 0 Å². The number of halogens is 1. The molecule has 0 spiro atoms. The molecule has 0 aromatic heterocycles. The lowest BCUT2D eigenvalue weighted by Crippen LogP contribution is -2.31. The second-order valence-corrected chi connectivity index (χ2v) is 4.82. The minimum absolute atomic E-state index is 0.315. The molecule has 3 amide bonds. The molecule has 0 radical (unpaired) electrons. The van der Waals surface area contributed by atoms with E-state index in [1.165, 1.54) is 4.90 Å². The molecular weight excluding hydrogens is 266 g/mol. The molecule has 0 unspecified atom stereocenters. The van der Waals surface area contributed by atoms with Crippen LogP contribution in [0.25, 0.3) is 0 Å². The van der Waals surface area contributed by atoms with Crippen LogP contribution in [0.4, 0.5) is 10.5 Å². The molecule has 1 aromatic rings. The van der Waals surface area contributed by atoms with Crippen molar-refractivity contribution in [2.24, 2.45) is 0 Å². The number of anilines is 1. The molecule has 0 aliphatic carbocycles. The number of amides is 3. The van der Waals surface area contributed by atoms with Gasteiger partial charge in [0.2, 0.25) is 0 Å². The van der Waals surface area contributed by atoms with Crippen LogP contribution < -0.4 is 4.90 Å². The fraction of sp³-hybridized carbons (Fsp3) is 0.231. The minimum Gasteiger partial charge on any atom is -0.382 e. The number of rotatable bonds is 2. The Hall–Kier alpha value is -2.01. The van der Waals surface area contributed by atoms with E-state index in [1.54, 1.807) is 56.5 Å².